The van der Waals surface area contributed by atoms with Crippen LogP contribution in [0.3, 0.4) is 0 Å². The summed E-state index contributed by atoms with van der Waals surface area (Å²) >= 11 is 0. The Morgan fingerprint density at radius 1 is 1.12 bits per heavy atom. The van der Waals surface area contributed by atoms with Gasteiger partial charge in [0.15, 0.2) is 5.82 Å². The molecule has 5 nitrogen and oxygen atoms in total. The van der Waals surface area contributed by atoms with Crippen molar-refractivity contribution >= 4 is 5.91 Å². The Morgan fingerprint density at radius 2 is 1.96 bits per heavy atom. The molecule has 0 radical (unpaired) electrons. The summed E-state index contributed by atoms with van der Waals surface area (Å²) in [7, 11) is 0. The molecule has 24 heavy (non-hydrogen) atoms. The minimum atomic E-state index is 0.0170. The van der Waals surface area contributed by atoms with Crippen molar-refractivity contribution in [1.29, 1.82) is 0 Å². The van der Waals surface area contributed by atoms with Gasteiger partial charge in [0.05, 0.1) is 6.42 Å². The summed E-state index contributed by atoms with van der Waals surface area (Å²) in [6.45, 7) is 2.56. The molecule has 0 saturated carbocycles. The lowest BCUT2D eigenvalue weighted by Crippen LogP contribution is -2.27. The Balaban J connectivity index is 1.48. The van der Waals surface area contributed by atoms with Gasteiger partial charge in [-0.2, -0.15) is 5.10 Å². The third-order valence-corrected chi connectivity index (χ3v) is 3.69. The summed E-state index contributed by atoms with van der Waals surface area (Å²) in [5.41, 5.74) is 3.16. The first-order valence-electron chi connectivity index (χ1n) is 7.99. The van der Waals surface area contributed by atoms with E-state index in [-0.39, 0.29) is 5.91 Å². The highest BCUT2D eigenvalue weighted by Crippen LogP contribution is 2.13. The van der Waals surface area contributed by atoms with E-state index in [9.17, 15) is 4.79 Å². The van der Waals surface area contributed by atoms with E-state index in [0.717, 1.165) is 22.5 Å². The van der Waals surface area contributed by atoms with E-state index in [0.29, 0.717) is 25.2 Å². The number of aryl methyl sites for hydroxylation is 1. The molecule has 1 amide bonds. The fourth-order valence-corrected chi connectivity index (χ4v) is 2.51. The molecule has 3 aromatic rings. The summed E-state index contributed by atoms with van der Waals surface area (Å²) in [6, 6.07) is 17.8. The number of nitrogens with one attached hydrogen (secondary N) is 2. The molecule has 0 aliphatic rings. The molecule has 1 heterocycles. The second-order valence-corrected chi connectivity index (χ2v) is 5.74. The van der Waals surface area contributed by atoms with Crippen molar-refractivity contribution in [2.75, 3.05) is 6.54 Å². The Kier molecular flexibility index (Phi) is 5.01. The van der Waals surface area contributed by atoms with Crippen LogP contribution in [-0.4, -0.2) is 27.6 Å². The number of benzene rings is 2. The fraction of sp³-hybridized carbons (Fsp3) is 0.211. The molecule has 0 bridgehead atoms. The van der Waals surface area contributed by atoms with Crippen molar-refractivity contribution < 1.29 is 4.79 Å². The first-order chi connectivity index (χ1) is 11.7. The van der Waals surface area contributed by atoms with Crippen molar-refractivity contribution in [3.63, 3.8) is 0 Å². The van der Waals surface area contributed by atoms with Crippen molar-refractivity contribution in [2.45, 2.75) is 19.8 Å². The van der Waals surface area contributed by atoms with Gasteiger partial charge in [0.25, 0.3) is 0 Å². The maximum atomic E-state index is 12.0. The Labute approximate surface area is 141 Å². The molecule has 0 atom stereocenters. The molecule has 0 unspecified atom stereocenters. The standard InChI is InChI=1S/C19H20N4O/c1-14-6-5-7-15(12-14)13-18(24)20-11-10-17-21-19(23-22-17)16-8-3-2-4-9-16/h2-9,12H,10-11,13H2,1H3,(H,20,24)(H,21,22,23). The van der Waals surface area contributed by atoms with Gasteiger partial charge in [-0.3, -0.25) is 9.89 Å². The molecule has 3 rings (SSSR count). The summed E-state index contributed by atoms with van der Waals surface area (Å²) in [5.74, 6) is 1.46. The second-order valence-electron chi connectivity index (χ2n) is 5.74. The van der Waals surface area contributed by atoms with Gasteiger partial charge in [0.2, 0.25) is 5.91 Å². The third-order valence-electron chi connectivity index (χ3n) is 3.69. The molecule has 1 aromatic heterocycles. The van der Waals surface area contributed by atoms with Crippen LogP contribution < -0.4 is 5.32 Å². The summed E-state index contributed by atoms with van der Waals surface area (Å²) in [6.07, 6.45) is 1.02. The molecule has 0 saturated heterocycles. The first kappa shape index (κ1) is 15.9. The number of amides is 1. The molecule has 122 valence electrons. The monoisotopic (exact) mass is 320 g/mol. The van der Waals surface area contributed by atoms with Crippen LogP contribution >= 0.6 is 0 Å². The number of hydrogen-bond acceptors (Lipinski definition) is 3. The molecule has 2 N–H and O–H groups in total. The van der Waals surface area contributed by atoms with E-state index in [1.54, 1.807) is 0 Å². The smallest absolute Gasteiger partial charge is 0.224 e. The molecule has 0 aliphatic heterocycles. The quantitative estimate of drug-likeness (QED) is 0.733. The molecule has 2 aromatic carbocycles. The van der Waals surface area contributed by atoms with Crippen LogP contribution in [0.1, 0.15) is 17.0 Å². The zero-order valence-electron chi connectivity index (χ0n) is 13.6. The van der Waals surface area contributed by atoms with Gasteiger partial charge in [-0.15, -0.1) is 0 Å². The first-order valence-corrected chi connectivity index (χ1v) is 7.99. The van der Waals surface area contributed by atoms with Gasteiger partial charge in [-0.05, 0) is 12.5 Å². The van der Waals surface area contributed by atoms with Crippen LogP contribution in [0.25, 0.3) is 11.4 Å². The number of aromatic nitrogens is 3. The minimum absolute atomic E-state index is 0.0170. The highest BCUT2D eigenvalue weighted by molar-refractivity contribution is 5.78. The van der Waals surface area contributed by atoms with Crippen LogP contribution in [0.2, 0.25) is 0 Å². The average Bonchev–Trinajstić information content (AvgIpc) is 3.04. The number of nitrogens with zero attached hydrogens (tertiary/aromatic N) is 2. The maximum Gasteiger partial charge on any atom is 0.224 e. The topological polar surface area (TPSA) is 70.7 Å². The van der Waals surface area contributed by atoms with Gasteiger partial charge in [0, 0.05) is 18.5 Å². The van der Waals surface area contributed by atoms with E-state index in [2.05, 4.69) is 20.5 Å². The van der Waals surface area contributed by atoms with Gasteiger partial charge in [-0.1, -0.05) is 60.2 Å². The number of rotatable bonds is 6. The fourth-order valence-electron chi connectivity index (χ4n) is 2.51. The maximum absolute atomic E-state index is 12.0. The van der Waals surface area contributed by atoms with Gasteiger partial charge < -0.3 is 5.32 Å². The molecular weight excluding hydrogens is 300 g/mol. The molecule has 5 heteroatoms. The Bertz CT molecular complexity index is 811. The molecule has 0 aliphatic carbocycles. The molecular formula is C19H20N4O. The normalized spacial score (nSPS) is 10.5. The lowest BCUT2D eigenvalue weighted by molar-refractivity contribution is -0.120. The number of H-pyrrole nitrogens is 1. The van der Waals surface area contributed by atoms with Crippen LogP contribution in [0.5, 0.6) is 0 Å². The van der Waals surface area contributed by atoms with Crippen LogP contribution in [0.4, 0.5) is 0 Å². The van der Waals surface area contributed by atoms with Crippen molar-refractivity contribution in [1.82, 2.24) is 20.5 Å². The second kappa shape index (κ2) is 7.55. The zero-order valence-corrected chi connectivity index (χ0v) is 13.6. The number of carbonyl (C=O) groups excluding carboxylic acids is 1. The zero-order chi connectivity index (χ0) is 16.8. The lowest BCUT2D eigenvalue weighted by Gasteiger charge is -2.04. The summed E-state index contributed by atoms with van der Waals surface area (Å²) in [5, 5.41) is 10.1. The highest BCUT2D eigenvalue weighted by Gasteiger charge is 2.07. The van der Waals surface area contributed by atoms with Gasteiger partial charge in [0.1, 0.15) is 5.82 Å². The number of carbonyl (C=O) groups is 1. The largest absolute Gasteiger partial charge is 0.355 e. The van der Waals surface area contributed by atoms with Gasteiger partial charge in [-0.25, -0.2) is 4.98 Å². The predicted octanol–water partition coefficient (Wildman–Crippen LogP) is 2.68. The molecule has 0 fully saturated rings. The van der Waals surface area contributed by atoms with E-state index < -0.39 is 0 Å². The van der Waals surface area contributed by atoms with Crippen molar-refractivity contribution in [3.8, 4) is 11.4 Å². The van der Waals surface area contributed by atoms with Gasteiger partial charge >= 0.3 is 0 Å². The van der Waals surface area contributed by atoms with Crippen LogP contribution in [0, 0.1) is 6.92 Å². The summed E-state index contributed by atoms with van der Waals surface area (Å²) < 4.78 is 0. The average molecular weight is 320 g/mol. The molecule has 0 spiro atoms. The number of hydrogen-bond donors (Lipinski definition) is 2. The minimum Gasteiger partial charge on any atom is -0.355 e. The third kappa shape index (κ3) is 4.29. The van der Waals surface area contributed by atoms with E-state index in [1.807, 2.05) is 61.5 Å². The van der Waals surface area contributed by atoms with Crippen molar-refractivity contribution in [3.05, 3.63) is 71.5 Å². The van der Waals surface area contributed by atoms with E-state index in [4.69, 9.17) is 0 Å². The van der Waals surface area contributed by atoms with Crippen LogP contribution in [0.15, 0.2) is 54.6 Å². The Morgan fingerprint density at radius 3 is 2.75 bits per heavy atom. The van der Waals surface area contributed by atoms with E-state index >= 15 is 0 Å². The Hall–Kier alpha value is -2.95. The number of aromatic amines is 1. The highest BCUT2D eigenvalue weighted by atomic mass is 16.1. The van der Waals surface area contributed by atoms with E-state index in [1.165, 1.54) is 0 Å². The lowest BCUT2D eigenvalue weighted by atomic mass is 10.1. The SMILES string of the molecule is Cc1cccc(CC(=O)NCCc2nc(-c3ccccc3)n[nH]2)c1. The summed E-state index contributed by atoms with van der Waals surface area (Å²) in [4.78, 5) is 16.4. The predicted molar refractivity (Wildman–Crippen MR) is 93.4 cm³/mol. The van der Waals surface area contributed by atoms with Crippen molar-refractivity contribution in [2.24, 2.45) is 0 Å². The van der Waals surface area contributed by atoms with Crippen LogP contribution in [-0.2, 0) is 17.6 Å².